The molecule has 0 radical (unpaired) electrons. The van der Waals surface area contributed by atoms with Crippen molar-refractivity contribution in [3.63, 3.8) is 0 Å². The molecule has 1 unspecified atom stereocenters. The largest absolute Gasteiger partial charge is 0.339 e. The predicted octanol–water partition coefficient (Wildman–Crippen LogP) is 3.97. The molecule has 0 aliphatic heterocycles. The Bertz CT molecular complexity index is 957. The van der Waals surface area contributed by atoms with Crippen LogP contribution in [-0.4, -0.2) is 20.6 Å². The van der Waals surface area contributed by atoms with Gasteiger partial charge in [0.15, 0.2) is 0 Å². The second-order valence-electron chi connectivity index (χ2n) is 5.04. The molecule has 5 nitrogen and oxygen atoms in total. The van der Waals surface area contributed by atoms with E-state index in [0.717, 1.165) is 5.56 Å². The van der Waals surface area contributed by atoms with Gasteiger partial charge in [0.2, 0.25) is 11.7 Å². The molecule has 118 valence electrons. The SMILES string of the molecule is Cc1nc(-c2ccc(N=S(C)(=O)c3cccc(F)c3)cc2)no1. The molecule has 1 aromatic heterocycles. The summed E-state index contributed by atoms with van der Waals surface area (Å²) in [6.07, 6.45) is 1.48. The van der Waals surface area contributed by atoms with Crippen molar-refractivity contribution in [3.8, 4) is 11.4 Å². The van der Waals surface area contributed by atoms with Crippen LogP contribution >= 0.6 is 0 Å². The molecule has 1 heterocycles. The van der Waals surface area contributed by atoms with Crippen molar-refractivity contribution < 1.29 is 13.1 Å². The highest BCUT2D eigenvalue weighted by Gasteiger charge is 2.09. The first-order valence-corrected chi connectivity index (χ1v) is 8.75. The summed E-state index contributed by atoms with van der Waals surface area (Å²) in [6.45, 7) is 1.71. The van der Waals surface area contributed by atoms with Gasteiger partial charge in [-0.05, 0) is 42.5 Å². The van der Waals surface area contributed by atoms with Crippen molar-refractivity contribution in [2.75, 3.05) is 6.26 Å². The first-order chi connectivity index (χ1) is 10.9. The lowest BCUT2D eigenvalue weighted by molar-refractivity contribution is 0.394. The molecule has 0 saturated carbocycles. The summed E-state index contributed by atoms with van der Waals surface area (Å²) in [4.78, 5) is 4.49. The fourth-order valence-electron chi connectivity index (χ4n) is 2.04. The van der Waals surface area contributed by atoms with Crippen molar-refractivity contribution in [1.82, 2.24) is 10.1 Å². The van der Waals surface area contributed by atoms with Crippen molar-refractivity contribution in [2.24, 2.45) is 4.36 Å². The maximum Gasteiger partial charge on any atom is 0.223 e. The van der Waals surface area contributed by atoms with Crippen LogP contribution in [0.1, 0.15) is 5.89 Å². The molecule has 0 aliphatic rings. The standard InChI is InChI=1S/C16H14FN3O2S/c1-11-18-16(19-22-11)12-6-8-14(9-7-12)20-23(2,21)15-5-3-4-13(17)10-15/h3-10H,1-2H3. The van der Waals surface area contributed by atoms with E-state index >= 15 is 0 Å². The first-order valence-electron chi connectivity index (χ1n) is 6.82. The van der Waals surface area contributed by atoms with Crippen molar-refractivity contribution in [3.05, 3.63) is 60.2 Å². The zero-order valence-electron chi connectivity index (χ0n) is 12.6. The Labute approximate surface area is 133 Å². The normalized spacial score (nSPS) is 13.5. The topological polar surface area (TPSA) is 68.3 Å². The van der Waals surface area contributed by atoms with Crippen LogP contribution in [0.3, 0.4) is 0 Å². The van der Waals surface area contributed by atoms with Crippen LogP contribution in [0.2, 0.25) is 0 Å². The number of aryl methyl sites for hydroxylation is 1. The van der Waals surface area contributed by atoms with Crippen LogP contribution < -0.4 is 0 Å². The van der Waals surface area contributed by atoms with Crippen LogP contribution in [0.4, 0.5) is 10.1 Å². The van der Waals surface area contributed by atoms with Gasteiger partial charge in [0, 0.05) is 18.7 Å². The molecular weight excluding hydrogens is 317 g/mol. The van der Waals surface area contributed by atoms with Gasteiger partial charge in [-0.15, -0.1) is 0 Å². The summed E-state index contributed by atoms with van der Waals surface area (Å²) in [5.41, 5.74) is 1.31. The number of hydrogen-bond donors (Lipinski definition) is 0. The average molecular weight is 331 g/mol. The number of aromatic nitrogens is 2. The monoisotopic (exact) mass is 331 g/mol. The van der Waals surface area contributed by atoms with Crippen LogP contribution in [-0.2, 0) is 9.73 Å². The van der Waals surface area contributed by atoms with Crippen LogP contribution in [0.5, 0.6) is 0 Å². The second kappa shape index (κ2) is 5.92. The Kier molecular flexibility index (Phi) is 3.96. The lowest BCUT2D eigenvalue weighted by Crippen LogP contribution is -1.97. The van der Waals surface area contributed by atoms with E-state index in [1.165, 1.54) is 24.5 Å². The van der Waals surface area contributed by atoms with Crippen LogP contribution in [0, 0.1) is 12.7 Å². The zero-order chi connectivity index (χ0) is 16.4. The molecule has 3 aromatic rings. The molecule has 0 N–H and O–H groups in total. The Hall–Kier alpha value is -2.54. The van der Waals surface area contributed by atoms with Crippen molar-refractivity contribution in [2.45, 2.75) is 11.8 Å². The van der Waals surface area contributed by atoms with Gasteiger partial charge >= 0.3 is 0 Å². The smallest absolute Gasteiger partial charge is 0.223 e. The number of hydrogen-bond acceptors (Lipinski definition) is 5. The zero-order valence-corrected chi connectivity index (χ0v) is 13.4. The Balaban J connectivity index is 1.94. The van der Waals surface area contributed by atoms with E-state index in [9.17, 15) is 8.60 Å². The lowest BCUT2D eigenvalue weighted by atomic mass is 10.2. The molecule has 0 fully saturated rings. The van der Waals surface area contributed by atoms with E-state index in [4.69, 9.17) is 4.52 Å². The minimum Gasteiger partial charge on any atom is -0.339 e. The van der Waals surface area contributed by atoms with Gasteiger partial charge in [-0.2, -0.15) is 9.35 Å². The molecule has 2 aromatic carbocycles. The quantitative estimate of drug-likeness (QED) is 0.728. The summed E-state index contributed by atoms with van der Waals surface area (Å²) >= 11 is 0. The minimum atomic E-state index is -2.72. The number of benzene rings is 2. The molecule has 1 atom stereocenters. The minimum absolute atomic E-state index is 0.357. The van der Waals surface area contributed by atoms with Gasteiger partial charge in [-0.25, -0.2) is 8.60 Å². The van der Waals surface area contributed by atoms with E-state index in [1.807, 2.05) is 0 Å². The summed E-state index contributed by atoms with van der Waals surface area (Å²) in [5.74, 6) is 0.531. The van der Waals surface area contributed by atoms with Gasteiger partial charge in [-0.1, -0.05) is 11.2 Å². The highest BCUT2D eigenvalue weighted by Crippen LogP contribution is 2.23. The average Bonchev–Trinajstić information content (AvgIpc) is 2.94. The molecule has 0 spiro atoms. The van der Waals surface area contributed by atoms with Gasteiger partial charge in [0.1, 0.15) is 5.82 Å². The Morgan fingerprint density at radius 3 is 2.52 bits per heavy atom. The summed E-state index contributed by atoms with van der Waals surface area (Å²) in [7, 11) is -2.72. The summed E-state index contributed by atoms with van der Waals surface area (Å²) in [5, 5.41) is 3.83. The third-order valence-electron chi connectivity index (χ3n) is 3.17. The fraction of sp³-hybridized carbons (Fsp3) is 0.125. The predicted molar refractivity (Wildman–Crippen MR) is 85.3 cm³/mol. The molecule has 0 saturated heterocycles. The highest BCUT2D eigenvalue weighted by molar-refractivity contribution is 7.93. The summed E-state index contributed by atoms with van der Waals surface area (Å²) in [6, 6.07) is 12.6. The molecule has 0 aliphatic carbocycles. The van der Waals surface area contributed by atoms with Gasteiger partial charge in [0.05, 0.1) is 20.3 Å². The number of nitrogens with zero attached hydrogens (tertiary/aromatic N) is 3. The van der Waals surface area contributed by atoms with E-state index in [0.29, 0.717) is 22.3 Å². The number of rotatable bonds is 3. The molecular formula is C16H14FN3O2S. The maximum atomic E-state index is 13.3. The van der Waals surface area contributed by atoms with E-state index in [-0.39, 0.29) is 0 Å². The van der Waals surface area contributed by atoms with E-state index in [1.54, 1.807) is 37.3 Å². The first kappa shape index (κ1) is 15.4. The molecule has 3 rings (SSSR count). The second-order valence-corrected chi connectivity index (χ2v) is 7.29. The molecule has 0 amide bonds. The number of halogens is 1. The third-order valence-corrected chi connectivity index (χ3v) is 4.85. The highest BCUT2D eigenvalue weighted by atomic mass is 32.2. The van der Waals surface area contributed by atoms with Crippen LogP contribution in [0.25, 0.3) is 11.4 Å². The van der Waals surface area contributed by atoms with E-state index < -0.39 is 15.5 Å². The Morgan fingerprint density at radius 1 is 1.17 bits per heavy atom. The third kappa shape index (κ3) is 3.45. The molecule has 23 heavy (non-hydrogen) atoms. The molecule has 7 heteroatoms. The molecule has 0 bridgehead atoms. The Morgan fingerprint density at radius 2 is 1.91 bits per heavy atom. The van der Waals surface area contributed by atoms with Crippen molar-refractivity contribution in [1.29, 1.82) is 0 Å². The lowest BCUT2D eigenvalue weighted by Gasteiger charge is -2.05. The van der Waals surface area contributed by atoms with Crippen molar-refractivity contribution >= 4 is 15.4 Å². The van der Waals surface area contributed by atoms with Crippen LogP contribution in [0.15, 0.2) is 62.3 Å². The van der Waals surface area contributed by atoms with Gasteiger partial charge in [0.25, 0.3) is 0 Å². The van der Waals surface area contributed by atoms with Gasteiger partial charge in [-0.3, -0.25) is 0 Å². The van der Waals surface area contributed by atoms with Gasteiger partial charge < -0.3 is 4.52 Å². The fourth-order valence-corrected chi connectivity index (χ4v) is 3.34. The summed E-state index contributed by atoms with van der Waals surface area (Å²) < 4.78 is 35.2. The maximum absolute atomic E-state index is 13.3. The van der Waals surface area contributed by atoms with E-state index in [2.05, 4.69) is 14.5 Å².